The molecule has 0 N–H and O–H groups in total. The Balaban J connectivity index is 3.95. The minimum Gasteiger partial charge on any atom is -0.462 e. The number of hydrogen-bond donors (Lipinski definition) is 0. The number of ether oxygens (including phenoxy) is 3. The van der Waals surface area contributed by atoms with Gasteiger partial charge in [-0.25, -0.2) is 0 Å². The monoisotopic (exact) mass is 1160 g/mol. The number of hydrogen-bond acceptors (Lipinski definition) is 6. The molecule has 0 saturated carbocycles. The highest BCUT2D eigenvalue weighted by atomic mass is 16.6. The van der Waals surface area contributed by atoms with E-state index in [9.17, 15) is 14.4 Å². The van der Waals surface area contributed by atoms with Gasteiger partial charge in [-0.2, -0.15) is 0 Å². The van der Waals surface area contributed by atoms with Crippen LogP contribution in [0.1, 0.15) is 393 Å². The molecular weight excluding hydrogens is 1020 g/mol. The van der Waals surface area contributed by atoms with E-state index < -0.39 is 6.10 Å². The van der Waals surface area contributed by atoms with Crippen molar-refractivity contribution in [1.82, 2.24) is 0 Å². The highest BCUT2D eigenvalue weighted by molar-refractivity contribution is 5.71. The van der Waals surface area contributed by atoms with Crippen molar-refractivity contribution >= 4 is 17.9 Å². The first-order valence-corrected chi connectivity index (χ1v) is 36.8. The molecule has 1 atom stereocenters. The Labute approximate surface area is 517 Å². The number of carbonyl (C=O) groups is 3. The first-order valence-electron chi connectivity index (χ1n) is 36.8. The number of allylic oxidation sites excluding steroid dienone is 10. The highest BCUT2D eigenvalue weighted by Crippen LogP contribution is 2.19. The molecule has 1 unspecified atom stereocenters. The maximum atomic E-state index is 12.9. The van der Waals surface area contributed by atoms with Gasteiger partial charge < -0.3 is 14.2 Å². The average molecular weight is 1160 g/mol. The van der Waals surface area contributed by atoms with Crippen LogP contribution in [0.25, 0.3) is 0 Å². The summed E-state index contributed by atoms with van der Waals surface area (Å²) >= 11 is 0. The van der Waals surface area contributed by atoms with Gasteiger partial charge >= 0.3 is 17.9 Å². The third-order valence-corrected chi connectivity index (χ3v) is 16.5. The second-order valence-corrected chi connectivity index (χ2v) is 24.8. The van der Waals surface area contributed by atoms with E-state index in [-0.39, 0.29) is 31.1 Å². The Morgan fingerprint density at radius 1 is 0.253 bits per heavy atom. The van der Waals surface area contributed by atoms with Crippen molar-refractivity contribution in [1.29, 1.82) is 0 Å². The van der Waals surface area contributed by atoms with Crippen molar-refractivity contribution < 1.29 is 28.6 Å². The Hall–Kier alpha value is -2.89. The van der Waals surface area contributed by atoms with Crippen LogP contribution in [0, 0.1) is 0 Å². The maximum absolute atomic E-state index is 12.9. The topological polar surface area (TPSA) is 78.9 Å². The fourth-order valence-electron chi connectivity index (χ4n) is 11.1. The lowest BCUT2D eigenvalue weighted by Gasteiger charge is -2.18. The lowest BCUT2D eigenvalue weighted by Crippen LogP contribution is -2.30. The summed E-state index contributed by atoms with van der Waals surface area (Å²) in [6.45, 7) is 6.53. The predicted molar refractivity (Wildman–Crippen MR) is 362 cm³/mol. The molecule has 0 aromatic heterocycles. The van der Waals surface area contributed by atoms with Gasteiger partial charge in [-0.3, -0.25) is 14.4 Å². The maximum Gasteiger partial charge on any atom is 0.306 e. The molecule has 0 radical (unpaired) electrons. The zero-order valence-corrected chi connectivity index (χ0v) is 55.7. The molecule has 0 aliphatic carbocycles. The minimum atomic E-state index is -0.768. The third kappa shape index (κ3) is 69.8. The van der Waals surface area contributed by atoms with Crippen molar-refractivity contribution in [2.24, 2.45) is 0 Å². The minimum absolute atomic E-state index is 0.0676. The molecule has 0 heterocycles. The number of rotatable bonds is 68. The van der Waals surface area contributed by atoms with Crippen LogP contribution in [0.3, 0.4) is 0 Å². The van der Waals surface area contributed by atoms with Gasteiger partial charge in [0.2, 0.25) is 0 Å². The quantitative estimate of drug-likeness (QED) is 0.0261. The van der Waals surface area contributed by atoms with Crippen molar-refractivity contribution in [2.45, 2.75) is 399 Å². The fraction of sp³-hybridized carbons (Fsp3) is 0.831. The zero-order valence-electron chi connectivity index (χ0n) is 55.7. The summed E-state index contributed by atoms with van der Waals surface area (Å²) in [5.41, 5.74) is 0. The van der Waals surface area contributed by atoms with E-state index in [1.807, 2.05) is 0 Å². The normalized spacial score (nSPS) is 12.4. The molecular formula is C77H140O6. The van der Waals surface area contributed by atoms with Crippen molar-refractivity contribution in [3.05, 3.63) is 60.8 Å². The first kappa shape index (κ1) is 80.1. The zero-order chi connectivity index (χ0) is 59.9. The van der Waals surface area contributed by atoms with Gasteiger partial charge in [0.05, 0.1) is 0 Å². The van der Waals surface area contributed by atoms with Crippen LogP contribution in [-0.4, -0.2) is 37.2 Å². The van der Waals surface area contributed by atoms with Crippen LogP contribution >= 0.6 is 0 Å². The SMILES string of the molecule is CC/C=C\C/C=C\C/C=C\C/C=C\C/C=C\CCCCCCCCCCCCCCCCCCCC(=O)OCC(COC(=O)CCCCCCCC)OC(=O)CCCCCCCCCCCCCCCCCCCCCCCCCCCC. The molecule has 0 aromatic rings. The van der Waals surface area contributed by atoms with E-state index in [1.54, 1.807) is 0 Å². The molecule has 0 spiro atoms. The summed E-state index contributed by atoms with van der Waals surface area (Å²) in [5.74, 6) is -0.851. The molecule has 0 amide bonds. The van der Waals surface area contributed by atoms with Crippen LogP contribution in [-0.2, 0) is 28.6 Å². The second-order valence-electron chi connectivity index (χ2n) is 24.8. The van der Waals surface area contributed by atoms with Crippen LogP contribution in [0.4, 0.5) is 0 Å². The Kier molecular flexibility index (Phi) is 69.1. The van der Waals surface area contributed by atoms with Gasteiger partial charge in [0.1, 0.15) is 13.2 Å². The van der Waals surface area contributed by atoms with Crippen LogP contribution in [0.15, 0.2) is 60.8 Å². The second kappa shape index (κ2) is 71.6. The van der Waals surface area contributed by atoms with E-state index in [2.05, 4.69) is 81.5 Å². The number of unbranched alkanes of at least 4 members (excludes halogenated alkanes) is 47. The highest BCUT2D eigenvalue weighted by Gasteiger charge is 2.19. The Bertz CT molecular complexity index is 1470. The molecule has 484 valence electrons. The summed E-state index contributed by atoms with van der Waals surface area (Å²) in [5, 5.41) is 0. The fourth-order valence-corrected chi connectivity index (χ4v) is 11.1. The molecule has 6 nitrogen and oxygen atoms in total. The van der Waals surface area contributed by atoms with Crippen LogP contribution in [0.2, 0.25) is 0 Å². The van der Waals surface area contributed by atoms with Crippen LogP contribution < -0.4 is 0 Å². The molecule has 0 aliphatic rings. The summed E-state index contributed by atoms with van der Waals surface area (Å²) in [6, 6.07) is 0. The Morgan fingerprint density at radius 2 is 0.470 bits per heavy atom. The molecule has 0 fully saturated rings. The van der Waals surface area contributed by atoms with Gasteiger partial charge in [-0.05, 0) is 64.2 Å². The molecule has 0 bridgehead atoms. The number of carbonyl (C=O) groups excluding carboxylic acids is 3. The number of esters is 3. The van der Waals surface area contributed by atoms with Crippen molar-refractivity contribution in [3.8, 4) is 0 Å². The molecule has 0 saturated heterocycles. The van der Waals surface area contributed by atoms with Gasteiger partial charge in [-0.15, -0.1) is 0 Å². The average Bonchev–Trinajstić information content (AvgIpc) is 3.49. The lowest BCUT2D eigenvalue weighted by atomic mass is 10.0. The van der Waals surface area contributed by atoms with Crippen LogP contribution in [0.5, 0.6) is 0 Å². The van der Waals surface area contributed by atoms with E-state index in [1.165, 1.54) is 263 Å². The summed E-state index contributed by atoms with van der Waals surface area (Å²) in [7, 11) is 0. The van der Waals surface area contributed by atoms with E-state index in [0.717, 1.165) is 89.9 Å². The van der Waals surface area contributed by atoms with Crippen molar-refractivity contribution in [3.63, 3.8) is 0 Å². The molecule has 6 heteroatoms. The van der Waals surface area contributed by atoms with Gasteiger partial charge in [-0.1, -0.05) is 370 Å². The van der Waals surface area contributed by atoms with E-state index >= 15 is 0 Å². The standard InChI is InChI=1S/C77H140O6/c1-4-7-10-13-16-18-20-22-24-26-28-30-32-34-36-37-38-39-40-41-42-44-45-47-49-51-53-55-57-59-61-64-67-70-76(79)82-73-74(72-81-75(78)69-66-63-15-12-9-6-3)83-77(80)71-68-65-62-60-58-56-54-52-50-48-46-43-35-33-31-29-27-25-23-21-19-17-14-11-8-5-2/h7,10,16,18,22,24,28,30,34,36,74H,4-6,8-9,11-15,17,19-21,23,25-27,29,31-33,35,37-73H2,1-3H3/b10-7-,18-16-,24-22-,30-28-,36-34-. The molecule has 83 heavy (non-hydrogen) atoms. The van der Waals surface area contributed by atoms with Crippen molar-refractivity contribution in [2.75, 3.05) is 13.2 Å². The molecule has 0 aliphatic heterocycles. The smallest absolute Gasteiger partial charge is 0.306 e. The molecule has 0 rings (SSSR count). The van der Waals surface area contributed by atoms with Gasteiger partial charge in [0.15, 0.2) is 6.10 Å². The summed E-state index contributed by atoms with van der Waals surface area (Å²) < 4.78 is 16.9. The predicted octanol–water partition coefficient (Wildman–Crippen LogP) is 25.5. The van der Waals surface area contributed by atoms with E-state index in [4.69, 9.17) is 14.2 Å². The van der Waals surface area contributed by atoms with E-state index in [0.29, 0.717) is 19.3 Å². The summed E-state index contributed by atoms with van der Waals surface area (Å²) in [4.78, 5) is 38.1. The largest absolute Gasteiger partial charge is 0.462 e. The summed E-state index contributed by atoms with van der Waals surface area (Å²) in [6.07, 6.45) is 93.1. The molecule has 0 aromatic carbocycles. The Morgan fingerprint density at radius 3 is 0.735 bits per heavy atom. The third-order valence-electron chi connectivity index (χ3n) is 16.5. The first-order chi connectivity index (χ1) is 41.0. The lowest BCUT2D eigenvalue weighted by molar-refractivity contribution is -0.167. The van der Waals surface area contributed by atoms with Gasteiger partial charge in [0.25, 0.3) is 0 Å². The van der Waals surface area contributed by atoms with Gasteiger partial charge in [0, 0.05) is 19.3 Å².